The molecule has 134 valence electrons. The van der Waals surface area contributed by atoms with Gasteiger partial charge in [0.15, 0.2) is 0 Å². The summed E-state index contributed by atoms with van der Waals surface area (Å²) in [6.45, 7) is 6.82. The fourth-order valence-corrected chi connectivity index (χ4v) is 3.07. The highest BCUT2D eigenvalue weighted by molar-refractivity contribution is 5.76. The van der Waals surface area contributed by atoms with Gasteiger partial charge in [-0.2, -0.15) is 0 Å². The van der Waals surface area contributed by atoms with Gasteiger partial charge in [-0.3, -0.25) is 9.59 Å². The van der Waals surface area contributed by atoms with E-state index in [9.17, 15) is 9.59 Å². The molecule has 0 aromatic carbocycles. The Kier molecular flexibility index (Phi) is 4.98. The van der Waals surface area contributed by atoms with Crippen LogP contribution in [0.2, 0.25) is 0 Å². The van der Waals surface area contributed by atoms with Gasteiger partial charge >= 0.3 is 0 Å². The zero-order valence-electron chi connectivity index (χ0n) is 14.7. The summed E-state index contributed by atoms with van der Waals surface area (Å²) in [4.78, 5) is 32.9. The summed E-state index contributed by atoms with van der Waals surface area (Å²) in [5.74, 6) is 1.34. The van der Waals surface area contributed by atoms with Crippen LogP contribution in [0.1, 0.15) is 41.1 Å². The summed E-state index contributed by atoms with van der Waals surface area (Å²) in [5.41, 5.74) is 2.16. The molecule has 3 heterocycles. The molecule has 2 aromatic heterocycles. The molecule has 8 nitrogen and oxygen atoms in total. The predicted octanol–water partition coefficient (Wildman–Crippen LogP) is 1.22. The van der Waals surface area contributed by atoms with Crippen LogP contribution in [0, 0.1) is 20.8 Å². The van der Waals surface area contributed by atoms with E-state index in [0.717, 1.165) is 17.0 Å². The van der Waals surface area contributed by atoms with E-state index in [4.69, 9.17) is 9.26 Å². The number of ether oxygens (including phenoxy) is 1. The molecule has 2 aromatic rings. The largest absolute Gasteiger partial charge is 0.368 e. The highest BCUT2D eigenvalue weighted by atomic mass is 16.5. The normalized spacial score (nSPS) is 17.7. The van der Waals surface area contributed by atoms with Crippen LogP contribution >= 0.6 is 0 Å². The topological polar surface area (TPSA) is 101 Å². The molecule has 25 heavy (non-hydrogen) atoms. The summed E-state index contributed by atoms with van der Waals surface area (Å²) < 4.78 is 10.8. The quantitative estimate of drug-likeness (QED) is 0.893. The molecule has 1 aliphatic heterocycles. The van der Waals surface area contributed by atoms with Crippen molar-refractivity contribution in [3.63, 3.8) is 0 Å². The molecule has 8 heteroatoms. The molecule has 1 saturated heterocycles. The first-order valence-corrected chi connectivity index (χ1v) is 8.33. The van der Waals surface area contributed by atoms with Gasteiger partial charge < -0.3 is 19.1 Å². The number of amides is 1. The van der Waals surface area contributed by atoms with E-state index in [1.165, 1.54) is 6.07 Å². The molecule has 3 rings (SSSR count). The molecule has 0 aliphatic carbocycles. The van der Waals surface area contributed by atoms with Gasteiger partial charge in [-0.15, -0.1) is 0 Å². The molecule has 1 aliphatic rings. The second-order valence-electron chi connectivity index (χ2n) is 6.26. The summed E-state index contributed by atoms with van der Waals surface area (Å²) in [5, 5.41) is 3.91. The number of rotatable bonds is 4. The van der Waals surface area contributed by atoms with Crippen molar-refractivity contribution in [3.05, 3.63) is 45.0 Å². The van der Waals surface area contributed by atoms with E-state index < -0.39 is 0 Å². The lowest BCUT2D eigenvalue weighted by molar-refractivity contribution is -0.139. The molecule has 1 fully saturated rings. The first-order valence-electron chi connectivity index (χ1n) is 8.33. The highest BCUT2D eigenvalue weighted by Crippen LogP contribution is 2.21. The van der Waals surface area contributed by atoms with E-state index >= 15 is 0 Å². The van der Waals surface area contributed by atoms with E-state index in [0.29, 0.717) is 44.1 Å². The molecule has 0 spiro atoms. The SMILES string of the molecule is Cc1nc([C@@H]2CN(C(=O)CCc3c(C)noc3C)CCO2)cc(=O)[nH]1. The maximum absolute atomic E-state index is 12.6. The zero-order valence-corrected chi connectivity index (χ0v) is 14.7. The Morgan fingerprint density at radius 3 is 2.88 bits per heavy atom. The van der Waals surface area contributed by atoms with Crippen molar-refractivity contribution >= 4 is 5.91 Å². The summed E-state index contributed by atoms with van der Waals surface area (Å²) >= 11 is 0. The van der Waals surface area contributed by atoms with Crippen LogP contribution in [0.15, 0.2) is 15.4 Å². The first kappa shape index (κ1) is 17.3. The second kappa shape index (κ2) is 7.18. The third-order valence-corrected chi connectivity index (χ3v) is 4.40. The van der Waals surface area contributed by atoms with Gasteiger partial charge in [0.25, 0.3) is 5.56 Å². The number of H-pyrrole nitrogens is 1. The molecule has 0 unspecified atom stereocenters. The average Bonchev–Trinajstić information content (AvgIpc) is 2.90. The lowest BCUT2D eigenvalue weighted by Crippen LogP contribution is -2.42. The Morgan fingerprint density at radius 2 is 2.20 bits per heavy atom. The number of nitrogens with zero attached hydrogens (tertiary/aromatic N) is 3. The minimum absolute atomic E-state index is 0.0508. The van der Waals surface area contributed by atoms with Crippen molar-refractivity contribution in [2.45, 2.75) is 39.7 Å². The second-order valence-corrected chi connectivity index (χ2v) is 6.26. The lowest BCUT2D eigenvalue weighted by atomic mass is 10.1. The van der Waals surface area contributed by atoms with Crippen LogP contribution in [0.3, 0.4) is 0 Å². The van der Waals surface area contributed by atoms with Crippen LogP contribution in [0.25, 0.3) is 0 Å². The van der Waals surface area contributed by atoms with E-state index in [1.54, 1.807) is 11.8 Å². The maximum atomic E-state index is 12.6. The van der Waals surface area contributed by atoms with Crippen LogP contribution in [0.5, 0.6) is 0 Å². The lowest BCUT2D eigenvalue weighted by Gasteiger charge is -2.32. The molecule has 0 saturated carbocycles. The maximum Gasteiger partial charge on any atom is 0.251 e. The van der Waals surface area contributed by atoms with Crippen LogP contribution in [-0.2, 0) is 16.0 Å². The molecule has 0 radical (unpaired) electrons. The Bertz CT molecular complexity index is 807. The number of hydrogen-bond donors (Lipinski definition) is 1. The highest BCUT2D eigenvalue weighted by Gasteiger charge is 2.27. The third-order valence-electron chi connectivity index (χ3n) is 4.40. The van der Waals surface area contributed by atoms with Crippen molar-refractivity contribution in [2.75, 3.05) is 19.7 Å². The Morgan fingerprint density at radius 1 is 1.40 bits per heavy atom. The summed E-state index contributed by atoms with van der Waals surface area (Å²) in [6, 6.07) is 1.43. The van der Waals surface area contributed by atoms with Gasteiger partial charge in [-0.25, -0.2) is 4.98 Å². The zero-order chi connectivity index (χ0) is 18.0. The third kappa shape index (κ3) is 3.96. The fourth-order valence-electron chi connectivity index (χ4n) is 3.07. The predicted molar refractivity (Wildman–Crippen MR) is 89.2 cm³/mol. The number of aryl methyl sites for hydroxylation is 3. The summed E-state index contributed by atoms with van der Waals surface area (Å²) in [7, 11) is 0. The number of hydrogen-bond acceptors (Lipinski definition) is 6. The number of nitrogens with one attached hydrogen (secondary N) is 1. The summed E-state index contributed by atoms with van der Waals surface area (Å²) in [6.07, 6.45) is 0.611. The van der Waals surface area contributed by atoms with Crippen molar-refractivity contribution in [3.8, 4) is 0 Å². The average molecular weight is 346 g/mol. The number of morpholine rings is 1. The van der Waals surface area contributed by atoms with Crippen molar-refractivity contribution < 1.29 is 14.1 Å². The van der Waals surface area contributed by atoms with E-state index in [-0.39, 0.29) is 17.6 Å². The minimum Gasteiger partial charge on any atom is -0.368 e. The Balaban J connectivity index is 1.64. The van der Waals surface area contributed by atoms with Crippen LogP contribution in [-0.4, -0.2) is 45.6 Å². The van der Waals surface area contributed by atoms with Gasteiger partial charge in [-0.1, -0.05) is 5.16 Å². The Hall–Kier alpha value is -2.48. The number of aromatic nitrogens is 3. The standard InChI is InChI=1S/C17H22N4O4/c1-10-13(11(2)25-20-10)4-5-17(23)21-6-7-24-15(9-21)14-8-16(22)19-12(3)18-14/h8,15H,4-7,9H2,1-3H3,(H,18,19,22)/t15-/m0/s1. The number of aromatic amines is 1. The van der Waals surface area contributed by atoms with E-state index in [2.05, 4.69) is 15.1 Å². The Labute approximate surface area is 145 Å². The van der Waals surface area contributed by atoms with Crippen LogP contribution < -0.4 is 5.56 Å². The molecule has 1 atom stereocenters. The van der Waals surface area contributed by atoms with Crippen LogP contribution in [0.4, 0.5) is 0 Å². The van der Waals surface area contributed by atoms with Gasteiger partial charge in [-0.05, 0) is 27.2 Å². The van der Waals surface area contributed by atoms with Crippen molar-refractivity contribution in [2.24, 2.45) is 0 Å². The van der Waals surface area contributed by atoms with Crippen molar-refractivity contribution in [1.29, 1.82) is 0 Å². The van der Waals surface area contributed by atoms with Gasteiger partial charge in [0.2, 0.25) is 5.91 Å². The monoisotopic (exact) mass is 346 g/mol. The molecular weight excluding hydrogens is 324 g/mol. The smallest absolute Gasteiger partial charge is 0.251 e. The van der Waals surface area contributed by atoms with Gasteiger partial charge in [0, 0.05) is 24.6 Å². The number of carbonyl (C=O) groups is 1. The fraction of sp³-hybridized carbons (Fsp3) is 0.529. The molecule has 1 N–H and O–H groups in total. The van der Waals surface area contributed by atoms with E-state index in [1.807, 2.05) is 13.8 Å². The van der Waals surface area contributed by atoms with Gasteiger partial charge in [0.1, 0.15) is 17.7 Å². The molecule has 0 bridgehead atoms. The minimum atomic E-state index is -0.377. The molecular formula is C17H22N4O4. The van der Waals surface area contributed by atoms with Crippen molar-refractivity contribution in [1.82, 2.24) is 20.0 Å². The molecule has 1 amide bonds. The first-order chi connectivity index (χ1) is 11.9. The number of carbonyl (C=O) groups excluding carboxylic acids is 1. The van der Waals surface area contributed by atoms with Gasteiger partial charge in [0.05, 0.1) is 24.5 Å².